The lowest BCUT2D eigenvalue weighted by molar-refractivity contribution is 0.775. The van der Waals surface area contributed by atoms with E-state index in [1.165, 1.54) is 19.3 Å². The Morgan fingerprint density at radius 3 is 2.48 bits per heavy atom. The van der Waals surface area contributed by atoms with Crippen molar-refractivity contribution in [3.05, 3.63) is 54.9 Å². The molecule has 2 aromatic heterocycles. The van der Waals surface area contributed by atoms with Crippen LogP contribution >= 0.6 is 11.8 Å². The second kappa shape index (κ2) is 7.92. The third kappa shape index (κ3) is 3.79. The fourth-order valence-electron chi connectivity index (χ4n) is 2.38. The van der Waals surface area contributed by atoms with Crippen LogP contribution in [0.2, 0.25) is 0 Å². The number of aromatic nitrogens is 4. The Hall–Kier alpha value is -2.14. The number of hydrogen-bond acceptors (Lipinski definition) is 4. The molecule has 0 saturated heterocycles. The lowest BCUT2D eigenvalue weighted by Crippen LogP contribution is -1.99. The molecule has 4 nitrogen and oxygen atoms in total. The number of benzene rings is 1. The van der Waals surface area contributed by atoms with Crippen molar-refractivity contribution in [2.75, 3.05) is 5.75 Å². The molecular weight excluding hydrogens is 304 g/mol. The molecule has 0 N–H and O–H groups in total. The van der Waals surface area contributed by atoms with Gasteiger partial charge < -0.3 is 0 Å². The molecule has 0 aliphatic rings. The van der Waals surface area contributed by atoms with E-state index < -0.39 is 0 Å². The van der Waals surface area contributed by atoms with Crippen molar-refractivity contribution in [2.24, 2.45) is 0 Å². The third-order valence-electron chi connectivity index (χ3n) is 3.57. The Kier molecular flexibility index (Phi) is 5.42. The van der Waals surface area contributed by atoms with Gasteiger partial charge in [-0.2, -0.15) is 0 Å². The van der Waals surface area contributed by atoms with E-state index in [1.807, 2.05) is 30.3 Å². The molecule has 0 bridgehead atoms. The molecular formula is C18H20N4S. The van der Waals surface area contributed by atoms with Gasteiger partial charge in [0.2, 0.25) is 0 Å². The normalized spacial score (nSPS) is 10.8. The highest BCUT2D eigenvalue weighted by atomic mass is 32.2. The molecule has 0 amide bonds. The molecule has 0 radical (unpaired) electrons. The summed E-state index contributed by atoms with van der Waals surface area (Å²) in [5.41, 5.74) is 2.11. The highest BCUT2D eigenvalue weighted by Crippen LogP contribution is 2.28. The fourth-order valence-corrected chi connectivity index (χ4v) is 3.33. The van der Waals surface area contributed by atoms with E-state index in [0.29, 0.717) is 0 Å². The molecule has 1 aromatic carbocycles. The van der Waals surface area contributed by atoms with Crippen LogP contribution in [0.5, 0.6) is 0 Å². The second-order valence-electron chi connectivity index (χ2n) is 5.27. The first-order valence-electron chi connectivity index (χ1n) is 7.94. The molecule has 0 fully saturated rings. The molecule has 0 unspecified atom stereocenters. The Bertz CT molecular complexity index is 725. The molecule has 0 aliphatic heterocycles. The van der Waals surface area contributed by atoms with Crippen LogP contribution in [0.4, 0.5) is 0 Å². The van der Waals surface area contributed by atoms with Crippen LogP contribution in [0, 0.1) is 0 Å². The summed E-state index contributed by atoms with van der Waals surface area (Å²) in [5, 5.41) is 9.79. The maximum atomic E-state index is 4.43. The zero-order valence-corrected chi connectivity index (χ0v) is 14.0. The van der Waals surface area contributed by atoms with Crippen molar-refractivity contribution < 1.29 is 0 Å². The minimum atomic E-state index is 0.858. The molecule has 0 saturated carbocycles. The summed E-state index contributed by atoms with van der Waals surface area (Å²) < 4.78 is 2.13. The van der Waals surface area contributed by atoms with Crippen LogP contribution in [-0.4, -0.2) is 25.5 Å². The van der Waals surface area contributed by atoms with Gasteiger partial charge in [0.05, 0.1) is 0 Å². The minimum Gasteiger partial charge on any atom is -0.270 e. The van der Waals surface area contributed by atoms with E-state index in [2.05, 4.69) is 38.8 Å². The number of thioether (sulfide) groups is 1. The van der Waals surface area contributed by atoms with Crippen LogP contribution in [0.15, 0.2) is 60.0 Å². The molecule has 23 heavy (non-hydrogen) atoms. The highest BCUT2D eigenvalue weighted by molar-refractivity contribution is 7.99. The Labute approximate surface area is 141 Å². The fraction of sp³-hybridized carbons (Fsp3) is 0.278. The topological polar surface area (TPSA) is 43.6 Å². The first kappa shape index (κ1) is 15.7. The van der Waals surface area contributed by atoms with Crippen LogP contribution in [0.1, 0.15) is 26.2 Å². The van der Waals surface area contributed by atoms with Gasteiger partial charge in [-0.25, -0.2) is 0 Å². The molecule has 118 valence electrons. The van der Waals surface area contributed by atoms with Crippen molar-refractivity contribution in [2.45, 2.75) is 31.3 Å². The summed E-state index contributed by atoms with van der Waals surface area (Å²) in [6, 6.07) is 14.2. The van der Waals surface area contributed by atoms with Crippen molar-refractivity contribution in [1.82, 2.24) is 19.7 Å². The predicted molar refractivity (Wildman–Crippen MR) is 94.8 cm³/mol. The average Bonchev–Trinajstić information content (AvgIpc) is 3.04. The van der Waals surface area contributed by atoms with Crippen LogP contribution in [0.3, 0.4) is 0 Å². The van der Waals surface area contributed by atoms with Gasteiger partial charge in [-0.3, -0.25) is 9.55 Å². The monoisotopic (exact) mass is 324 g/mol. The Morgan fingerprint density at radius 2 is 1.74 bits per heavy atom. The smallest absolute Gasteiger partial charge is 0.196 e. The van der Waals surface area contributed by atoms with Gasteiger partial charge in [-0.05, 0) is 30.7 Å². The van der Waals surface area contributed by atoms with Gasteiger partial charge in [0.1, 0.15) is 0 Å². The summed E-state index contributed by atoms with van der Waals surface area (Å²) >= 11 is 1.77. The lowest BCUT2D eigenvalue weighted by atomic mass is 10.2. The molecule has 2 heterocycles. The molecule has 0 aliphatic carbocycles. The number of para-hydroxylation sites is 1. The zero-order valence-electron chi connectivity index (χ0n) is 13.2. The van der Waals surface area contributed by atoms with E-state index in [1.54, 1.807) is 24.2 Å². The van der Waals surface area contributed by atoms with Crippen LogP contribution < -0.4 is 0 Å². The highest BCUT2D eigenvalue weighted by Gasteiger charge is 2.15. The zero-order chi connectivity index (χ0) is 15.9. The van der Waals surface area contributed by atoms with Gasteiger partial charge in [0, 0.05) is 29.4 Å². The first-order valence-corrected chi connectivity index (χ1v) is 8.92. The second-order valence-corrected chi connectivity index (χ2v) is 6.33. The number of pyridine rings is 1. The standard InChI is InChI=1S/C18H20N4S/c1-2-3-7-14-23-18-21-20-17(15-10-12-19-13-11-15)22(18)16-8-5-4-6-9-16/h4-6,8-13H,2-3,7,14H2,1H3. The minimum absolute atomic E-state index is 0.858. The van der Waals surface area contributed by atoms with Crippen molar-refractivity contribution >= 4 is 11.8 Å². The summed E-state index contributed by atoms with van der Waals surface area (Å²) in [4.78, 5) is 4.09. The summed E-state index contributed by atoms with van der Waals surface area (Å²) in [5.74, 6) is 1.92. The van der Waals surface area contributed by atoms with E-state index in [-0.39, 0.29) is 0 Å². The van der Waals surface area contributed by atoms with Gasteiger partial charge in [-0.1, -0.05) is 49.7 Å². The molecule has 3 aromatic rings. The van der Waals surface area contributed by atoms with Gasteiger partial charge >= 0.3 is 0 Å². The Morgan fingerprint density at radius 1 is 0.957 bits per heavy atom. The Balaban J connectivity index is 1.96. The number of rotatable bonds is 7. The quantitative estimate of drug-likeness (QED) is 0.470. The molecule has 0 atom stereocenters. The summed E-state index contributed by atoms with van der Waals surface area (Å²) in [6.07, 6.45) is 7.26. The van der Waals surface area contributed by atoms with E-state index in [0.717, 1.165) is 28.0 Å². The van der Waals surface area contributed by atoms with Crippen LogP contribution in [-0.2, 0) is 0 Å². The predicted octanol–water partition coefficient (Wildman–Crippen LogP) is 4.61. The maximum absolute atomic E-state index is 4.43. The number of nitrogens with zero attached hydrogens (tertiary/aromatic N) is 4. The number of hydrogen-bond donors (Lipinski definition) is 0. The van der Waals surface area contributed by atoms with Crippen molar-refractivity contribution in [1.29, 1.82) is 0 Å². The molecule has 3 rings (SSSR count). The SMILES string of the molecule is CCCCCSc1nnc(-c2ccncc2)n1-c1ccccc1. The molecule has 5 heteroatoms. The maximum Gasteiger partial charge on any atom is 0.196 e. The summed E-state index contributed by atoms with van der Waals surface area (Å²) in [7, 11) is 0. The van der Waals surface area contributed by atoms with Crippen molar-refractivity contribution in [3.8, 4) is 17.1 Å². The third-order valence-corrected chi connectivity index (χ3v) is 4.58. The number of unbranched alkanes of at least 4 members (excludes halogenated alkanes) is 2. The average molecular weight is 324 g/mol. The van der Waals surface area contributed by atoms with Gasteiger partial charge in [0.25, 0.3) is 0 Å². The van der Waals surface area contributed by atoms with E-state index >= 15 is 0 Å². The largest absolute Gasteiger partial charge is 0.270 e. The van der Waals surface area contributed by atoms with Crippen LogP contribution in [0.25, 0.3) is 17.1 Å². The molecule has 0 spiro atoms. The van der Waals surface area contributed by atoms with Gasteiger partial charge in [0.15, 0.2) is 11.0 Å². The van der Waals surface area contributed by atoms with E-state index in [4.69, 9.17) is 0 Å². The lowest BCUT2D eigenvalue weighted by Gasteiger charge is -2.10. The first-order chi connectivity index (χ1) is 11.4. The van der Waals surface area contributed by atoms with Crippen molar-refractivity contribution in [3.63, 3.8) is 0 Å². The summed E-state index contributed by atoms with van der Waals surface area (Å²) in [6.45, 7) is 2.22. The van der Waals surface area contributed by atoms with Gasteiger partial charge in [-0.15, -0.1) is 10.2 Å². The van der Waals surface area contributed by atoms with E-state index in [9.17, 15) is 0 Å².